The van der Waals surface area contributed by atoms with Crippen LogP contribution in [0.15, 0.2) is 24.3 Å². The molecule has 0 N–H and O–H groups in total. The van der Waals surface area contributed by atoms with E-state index >= 15 is 0 Å². The third-order valence-corrected chi connectivity index (χ3v) is 1.85. The van der Waals surface area contributed by atoms with E-state index in [0.717, 1.165) is 5.56 Å². The lowest BCUT2D eigenvalue weighted by atomic mass is 10.1. The highest BCUT2D eigenvalue weighted by molar-refractivity contribution is 5.89. The Bertz CT molecular complexity index is 407. The Hall–Kier alpha value is -1.82. The summed E-state index contributed by atoms with van der Waals surface area (Å²) >= 11 is 0. The van der Waals surface area contributed by atoms with Crippen molar-refractivity contribution < 1.29 is 9.53 Å². The summed E-state index contributed by atoms with van der Waals surface area (Å²) < 4.78 is 5.22. The van der Waals surface area contributed by atoms with Crippen LogP contribution in [0.1, 0.15) is 36.7 Å². The summed E-state index contributed by atoms with van der Waals surface area (Å²) in [6, 6.07) is 6.93. The molecule has 0 fully saturated rings. The van der Waals surface area contributed by atoms with Gasteiger partial charge in [-0.3, -0.25) is 0 Å². The normalized spacial score (nSPS) is 10.6. The number of carbonyl (C=O) groups is 1. The lowest BCUT2D eigenvalue weighted by Crippen LogP contribution is -2.23. The maximum Gasteiger partial charge on any atom is 0.338 e. The van der Waals surface area contributed by atoms with Gasteiger partial charge >= 0.3 is 5.97 Å². The Morgan fingerprint density at radius 1 is 1.31 bits per heavy atom. The minimum absolute atomic E-state index is 0.332. The van der Waals surface area contributed by atoms with E-state index in [0.29, 0.717) is 12.1 Å². The van der Waals surface area contributed by atoms with Crippen LogP contribution in [0.5, 0.6) is 0 Å². The molecule has 0 saturated carbocycles. The number of benzene rings is 1. The van der Waals surface area contributed by atoms with Gasteiger partial charge in [0, 0.05) is 5.56 Å². The Morgan fingerprint density at radius 3 is 2.31 bits per heavy atom. The molecule has 0 radical (unpaired) electrons. The van der Waals surface area contributed by atoms with Crippen LogP contribution < -0.4 is 0 Å². The minimum atomic E-state index is -0.480. The van der Waals surface area contributed by atoms with Crippen LogP contribution in [0.3, 0.4) is 0 Å². The largest absolute Gasteiger partial charge is 0.456 e. The van der Waals surface area contributed by atoms with Crippen molar-refractivity contribution in [3.63, 3.8) is 0 Å². The zero-order valence-corrected chi connectivity index (χ0v) is 9.78. The second-order valence-electron chi connectivity index (χ2n) is 4.52. The fourth-order valence-electron chi connectivity index (χ4n) is 1.17. The summed E-state index contributed by atoms with van der Waals surface area (Å²) in [6.07, 6.45) is 0. The average molecular weight is 217 g/mol. The molecule has 0 aliphatic rings. The van der Waals surface area contributed by atoms with E-state index < -0.39 is 5.60 Å². The molecule has 0 unspecified atom stereocenters. The Kier molecular flexibility index (Phi) is 3.68. The standard InChI is InChI=1S/C13H15NO2/c1-13(2,3)16-12(15)11-7-5-10(6-8-11)9-14-4/h5-8H,9H2,1-3H3. The third kappa shape index (κ3) is 3.74. The van der Waals surface area contributed by atoms with Crippen LogP contribution in [0.4, 0.5) is 0 Å². The first-order chi connectivity index (χ1) is 7.42. The molecule has 1 aromatic rings. The first kappa shape index (κ1) is 12.3. The van der Waals surface area contributed by atoms with Crippen LogP contribution in [-0.2, 0) is 11.3 Å². The Labute approximate surface area is 95.9 Å². The van der Waals surface area contributed by atoms with Crippen molar-refractivity contribution in [1.82, 2.24) is 0 Å². The predicted octanol–water partition coefficient (Wildman–Crippen LogP) is 3.06. The van der Waals surface area contributed by atoms with E-state index in [1.807, 2.05) is 20.8 Å². The zero-order chi connectivity index (χ0) is 12.2. The lowest BCUT2D eigenvalue weighted by molar-refractivity contribution is 0.00695. The van der Waals surface area contributed by atoms with E-state index in [-0.39, 0.29) is 5.97 Å². The SMILES string of the molecule is [C-]#[N+]Cc1ccc(C(=O)OC(C)(C)C)cc1. The van der Waals surface area contributed by atoms with Crippen molar-refractivity contribution >= 4 is 5.97 Å². The fourth-order valence-corrected chi connectivity index (χ4v) is 1.17. The van der Waals surface area contributed by atoms with E-state index in [1.165, 1.54) is 0 Å². The lowest BCUT2D eigenvalue weighted by Gasteiger charge is -2.19. The van der Waals surface area contributed by atoms with Gasteiger partial charge in [-0.05, 0) is 32.9 Å². The first-order valence-electron chi connectivity index (χ1n) is 5.08. The molecule has 0 heterocycles. The molecule has 1 aromatic carbocycles. The second-order valence-corrected chi connectivity index (χ2v) is 4.52. The molecule has 16 heavy (non-hydrogen) atoms. The van der Waals surface area contributed by atoms with E-state index in [1.54, 1.807) is 24.3 Å². The maximum absolute atomic E-state index is 11.6. The Morgan fingerprint density at radius 2 is 1.88 bits per heavy atom. The molecule has 0 aliphatic carbocycles. The molecule has 1 rings (SSSR count). The summed E-state index contributed by atoms with van der Waals surface area (Å²) in [4.78, 5) is 14.9. The molecular weight excluding hydrogens is 202 g/mol. The third-order valence-electron chi connectivity index (χ3n) is 1.85. The smallest absolute Gasteiger partial charge is 0.338 e. The summed E-state index contributed by atoms with van der Waals surface area (Å²) in [7, 11) is 0. The number of esters is 1. The summed E-state index contributed by atoms with van der Waals surface area (Å²) in [5.41, 5.74) is 0.942. The molecule has 84 valence electrons. The van der Waals surface area contributed by atoms with E-state index in [2.05, 4.69) is 4.85 Å². The van der Waals surface area contributed by atoms with Crippen molar-refractivity contribution in [2.24, 2.45) is 0 Å². The van der Waals surface area contributed by atoms with Gasteiger partial charge in [-0.2, -0.15) is 0 Å². The Balaban J connectivity index is 2.75. The minimum Gasteiger partial charge on any atom is -0.456 e. The maximum atomic E-state index is 11.6. The number of hydrogen-bond acceptors (Lipinski definition) is 2. The van der Waals surface area contributed by atoms with Crippen molar-refractivity contribution in [2.75, 3.05) is 0 Å². The van der Waals surface area contributed by atoms with Gasteiger partial charge in [0.15, 0.2) is 0 Å². The molecule has 3 nitrogen and oxygen atoms in total. The van der Waals surface area contributed by atoms with Crippen molar-refractivity contribution in [2.45, 2.75) is 32.9 Å². The van der Waals surface area contributed by atoms with Crippen LogP contribution >= 0.6 is 0 Å². The molecule has 0 bridgehead atoms. The number of rotatable bonds is 2. The molecule has 0 aliphatic heterocycles. The van der Waals surface area contributed by atoms with Gasteiger partial charge in [-0.15, -0.1) is 0 Å². The number of nitrogens with zero attached hydrogens (tertiary/aromatic N) is 1. The van der Waals surface area contributed by atoms with Gasteiger partial charge in [0.1, 0.15) is 5.60 Å². The molecule has 0 atom stereocenters. The van der Waals surface area contributed by atoms with Gasteiger partial charge in [-0.25, -0.2) is 11.4 Å². The predicted molar refractivity (Wildman–Crippen MR) is 61.9 cm³/mol. The molecule has 0 aromatic heterocycles. The van der Waals surface area contributed by atoms with Gasteiger partial charge in [0.05, 0.1) is 5.56 Å². The van der Waals surface area contributed by atoms with Crippen molar-refractivity contribution in [1.29, 1.82) is 0 Å². The van der Waals surface area contributed by atoms with Gasteiger partial charge < -0.3 is 9.58 Å². The van der Waals surface area contributed by atoms with Crippen LogP contribution in [0.25, 0.3) is 4.85 Å². The molecular formula is C13H15NO2. The van der Waals surface area contributed by atoms with Gasteiger partial charge in [0.25, 0.3) is 0 Å². The van der Waals surface area contributed by atoms with Gasteiger partial charge in [0.2, 0.25) is 6.54 Å². The van der Waals surface area contributed by atoms with Crippen molar-refractivity contribution in [3.8, 4) is 0 Å². The van der Waals surface area contributed by atoms with Crippen LogP contribution in [0, 0.1) is 6.57 Å². The highest BCUT2D eigenvalue weighted by atomic mass is 16.6. The first-order valence-corrected chi connectivity index (χ1v) is 5.08. The van der Waals surface area contributed by atoms with E-state index in [4.69, 9.17) is 11.3 Å². The summed E-state index contributed by atoms with van der Waals surface area (Å²) in [5, 5.41) is 0. The van der Waals surface area contributed by atoms with Crippen LogP contribution in [0.2, 0.25) is 0 Å². The van der Waals surface area contributed by atoms with Crippen molar-refractivity contribution in [3.05, 3.63) is 46.8 Å². The highest BCUT2D eigenvalue weighted by Crippen LogP contribution is 2.13. The summed E-state index contributed by atoms with van der Waals surface area (Å²) in [5.74, 6) is -0.332. The number of carbonyl (C=O) groups excluding carboxylic acids is 1. The second kappa shape index (κ2) is 4.80. The van der Waals surface area contributed by atoms with Crippen LogP contribution in [-0.4, -0.2) is 11.6 Å². The molecule has 3 heteroatoms. The number of hydrogen-bond donors (Lipinski definition) is 0. The fraction of sp³-hybridized carbons (Fsp3) is 0.385. The zero-order valence-electron chi connectivity index (χ0n) is 9.78. The number of ether oxygens (including phenoxy) is 1. The average Bonchev–Trinajstić information content (AvgIpc) is 2.16. The summed E-state index contributed by atoms with van der Waals surface area (Å²) in [6.45, 7) is 12.6. The molecule has 0 spiro atoms. The monoisotopic (exact) mass is 217 g/mol. The van der Waals surface area contributed by atoms with E-state index in [9.17, 15) is 4.79 Å². The van der Waals surface area contributed by atoms with Gasteiger partial charge in [-0.1, -0.05) is 12.1 Å². The topological polar surface area (TPSA) is 30.7 Å². The molecule has 0 saturated heterocycles. The highest BCUT2D eigenvalue weighted by Gasteiger charge is 2.17. The molecule has 0 amide bonds. The quantitative estimate of drug-likeness (QED) is 0.563.